The lowest BCUT2D eigenvalue weighted by Gasteiger charge is -2.11. The van der Waals surface area contributed by atoms with E-state index in [2.05, 4.69) is 0 Å². The predicted molar refractivity (Wildman–Crippen MR) is 56.3 cm³/mol. The number of carboxylic acid groups (broad SMARTS) is 1. The van der Waals surface area contributed by atoms with E-state index >= 15 is 0 Å². The van der Waals surface area contributed by atoms with Crippen LogP contribution < -0.4 is 0 Å². The van der Waals surface area contributed by atoms with Gasteiger partial charge in [0.2, 0.25) is 0 Å². The first-order valence-electron chi connectivity index (χ1n) is 5.13. The molecule has 0 aliphatic rings. The van der Waals surface area contributed by atoms with Crippen LogP contribution in [0.2, 0.25) is 0 Å². The lowest BCUT2D eigenvalue weighted by Crippen LogP contribution is -2.11. The SMILES string of the molecule is CCCCC(C(=O)O)c1cccc(F)c1. The van der Waals surface area contributed by atoms with Gasteiger partial charge in [-0.25, -0.2) is 4.39 Å². The van der Waals surface area contributed by atoms with Crippen molar-refractivity contribution in [3.8, 4) is 0 Å². The van der Waals surface area contributed by atoms with Gasteiger partial charge in [0.05, 0.1) is 5.92 Å². The summed E-state index contributed by atoms with van der Waals surface area (Å²) in [5, 5.41) is 9.02. The molecule has 0 saturated heterocycles. The number of carboxylic acids is 1. The third kappa shape index (κ3) is 3.35. The highest BCUT2D eigenvalue weighted by molar-refractivity contribution is 5.75. The fourth-order valence-corrected chi connectivity index (χ4v) is 1.56. The molecule has 0 saturated carbocycles. The van der Waals surface area contributed by atoms with Crippen LogP contribution in [0, 0.1) is 5.82 Å². The fraction of sp³-hybridized carbons (Fsp3) is 0.417. The number of benzene rings is 1. The lowest BCUT2D eigenvalue weighted by molar-refractivity contribution is -0.139. The Morgan fingerprint density at radius 1 is 1.53 bits per heavy atom. The Bertz CT molecular complexity index is 336. The van der Waals surface area contributed by atoms with E-state index in [0.717, 1.165) is 12.8 Å². The molecule has 1 rings (SSSR count). The highest BCUT2D eigenvalue weighted by atomic mass is 19.1. The van der Waals surface area contributed by atoms with Gasteiger partial charge in [-0.3, -0.25) is 4.79 Å². The largest absolute Gasteiger partial charge is 0.481 e. The molecule has 1 aromatic carbocycles. The minimum absolute atomic E-state index is 0.379. The molecular weight excluding hydrogens is 195 g/mol. The normalized spacial score (nSPS) is 12.4. The highest BCUT2D eigenvalue weighted by Gasteiger charge is 2.19. The minimum atomic E-state index is -0.881. The van der Waals surface area contributed by atoms with Crippen LogP contribution in [-0.4, -0.2) is 11.1 Å². The first kappa shape index (κ1) is 11.7. The monoisotopic (exact) mass is 210 g/mol. The molecule has 0 aliphatic heterocycles. The Labute approximate surface area is 88.7 Å². The van der Waals surface area contributed by atoms with Gasteiger partial charge in [0.1, 0.15) is 5.82 Å². The van der Waals surface area contributed by atoms with E-state index in [0.29, 0.717) is 12.0 Å². The zero-order chi connectivity index (χ0) is 11.3. The van der Waals surface area contributed by atoms with Crippen LogP contribution in [0.3, 0.4) is 0 Å². The molecule has 1 atom stereocenters. The standard InChI is InChI=1S/C12H15FO2/c1-2-3-7-11(12(14)15)9-5-4-6-10(13)8-9/h4-6,8,11H,2-3,7H2,1H3,(H,14,15). The van der Waals surface area contributed by atoms with Gasteiger partial charge in [0, 0.05) is 0 Å². The second-order valence-electron chi connectivity index (χ2n) is 3.59. The predicted octanol–water partition coefficient (Wildman–Crippen LogP) is 3.18. The lowest BCUT2D eigenvalue weighted by atomic mass is 9.94. The Kier molecular flexibility index (Phi) is 4.28. The molecule has 0 aromatic heterocycles. The number of unbranched alkanes of at least 4 members (excludes halogenated alkanes) is 1. The Morgan fingerprint density at radius 3 is 2.80 bits per heavy atom. The maximum Gasteiger partial charge on any atom is 0.310 e. The molecule has 2 nitrogen and oxygen atoms in total. The molecule has 1 aromatic rings. The molecule has 0 radical (unpaired) electrons. The second kappa shape index (κ2) is 5.49. The van der Waals surface area contributed by atoms with Crippen molar-refractivity contribution < 1.29 is 14.3 Å². The molecule has 0 bridgehead atoms. The van der Waals surface area contributed by atoms with E-state index in [1.54, 1.807) is 12.1 Å². The summed E-state index contributed by atoms with van der Waals surface area (Å²) in [4.78, 5) is 11.0. The van der Waals surface area contributed by atoms with E-state index in [1.807, 2.05) is 6.92 Å². The third-order valence-electron chi connectivity index (χ3n) is 2.40. The quantitative estimate of drug-likeness (QED) is 0.810. The number of halogens is 1. The van der Waals surface area contributed by atoms with Crippen molar-refractivity contribution in [2.45, 2.75) is 32.1 Å². The van der Waals surface area contributed by atoms with Crippen molar-refractivity contribution >= 4 is 5.97 Å². The molecular formula is C12H15FO2. The molecule has 1 unspecified atom stereocenters. The van der Waals surface area contributed by atoms with Crippen LogP contribution in [0.1, 0.15) is 37.7 Å². The summed E-state index contributed by atoms with van der Waals surface area (Å²) in [7, 11) is 0. The first-order valence-corrected chi connectivity index (χ1v) is 5.13. The highest BCUT2D eigenvalue weighted by Crippen LogP contribution is 2.22. The van der Waals surface area contributed by atoms with Gasteiger partial charge < -0.3 is 5.11 Å². The molecule has 3 heteroatoms. The number of aliphatic carboxylic acids is 1. The zero-order valence-electron chi connectivity index (χ0n) is 8.74. The number of rotatable bonds is 5. The molecule has 1 N–H and O–H groups in total. The van der Waals surface area contributed by atoms with Crippen molar-refractivity contribution in [3.05, 3.63) is 35.6 Å². The van der Waals surface area contributed by atoms with Crippen molar-refractivity contribution in [3.63, 3.8) is 0 Å². The van der Waals surface area contributed by atoms with Gasteiger partial charge >= 0.3 is 5.97 Å². The summed E-state index contributed by atoms with van der Waals surface area (Å²) in [6, 6.07) is 5.83. The second-order valence-corrected chi connectivity index (χ2v) is 3.59. The zero-order valence-corrected chi connectivity index (χ0v) is 8.74. The molecule has 15 heavy (non-hydrogen) atoms. The van der Waals surface area contributed by atoms with Gasteiger partial charge in [-0.1, -0.05) is 31.9 Å². The van der Waals surface area contributed by atoms with Gasteiger partial charge in [-0.05, 0) is 24.1 Å². The third-order valence-corrected chi connectivity index (χ3v) is 2.40. The summed E-state index contributed by atoms with van der Waals surface area (Å²) in [6.07, 6.45) is 2.35. The molecule has 0 aliphatic carbocycles. The van der Waals surface area contributed by atoms with E-state index in [1.165, 1.54) is 12.1 Å². The van der Waals surface area contributed by atoms with Crippen LogP contribution in [0.5, 0.6) is 0 Å². The summed E-state index contributed by atoms with van der Waals surface area (Å²) < 4.78 is 12.9. The minimum Gasteiger partial charge on any atom is -0.481 e. The van der Waals surface area contributed by atoms with Crippen LogP contribution in [0.4, 0.5) is 4.39 Å². The summed E-state index contributed by atoms with van der Waals surface area (Å²) in [5.74, 6) is -1.84. The van der Waals surface area contributed by atoms with Gasteiger partial charge in [-0.2, -0.15) is 0 Å². The van der Waals surface area contributed by atoms with Crippen LogP contribution in [0.15, 0.2) is 24.3 Å². The van der Waals surface area contributed by atoms with Gasteiger partial charge in [-0.15, -0.1) is 0 Å². The summed E-state index contributed by atoms with van der Waals surface area (Å²) in [5.41, 5.74) is 0.552. The van der Waals surface area contributed by atoms with Crippen LogP contribution in [0.25, 0.3) is 0 Å². The maximum absolute atomic E-state index is 12.9. The van der Waals surface area contributed by atoms with Crippen LogP contribution >= 0.6 is 0 Å². The summed E-state index contributed by atoms with van der Waals surface area (Å²) in [6.45, 7) is 2.00. The van der Waals surface area contributed by atoms with Crippen molar-refractivity contribution in [2.24, 2.45) is 0 Å². The maximum atomic E-state index is 12.9. The average Bonchev–Trinajstić information content (AvgIpc) is 2.18. The molecule has 0 fully saturated rings. The van der Waals surface area contributed by atoms with Crippen molar-refractivity contribution in [1.29, 1.82) is 0 Å². The van der Waals surface area contributed by atoms with Gasteiger partial charge in [0.15, 0.2) is 0 Å². The first-order chi connectivity index (χ1) is 7.15. The number of carbonyl (C=O) groups is 1. The van der Waals surface area contributed by atoms with E-state index < -0.39 is 11.9 Å². The molecule has 82 valence electrons. The fourth-order valence-electron chi connectivity index (χ4n) is 1.56. The molecule has 0 heterocycles. The van der Waals surface area contributed by atoms with E-state index in [9.17, 15) is 9.18 Å². The smallest absolute Gasteiger partial charge is 0.310 e. The summed E-state index contributed by atoms with van der Waals surface area (Å²) >= 11 is 0. The van der Waals surface area contributed by atoms with Gasteiger partial charge in [0.25, 0.3) is 0 Å². The van der Waals surface area contributed by atoms with Crippen molar-refractivity contribution in [1.82, 2.24) is 0 Å². The number of hydrogen-bond acceptors (Lipinski definition) is 1. The van der Waals surface area contributed by atoms with E-state index in [-0.39, 0.29) is 5.82 Å². The number of hydrogen-bond donors (Lipinski definition) is 1. The Hall–Kier alpha value is -1.38. The topological polar surface area (TPSA) is 37.3 Å². The Balaban J connectivity index is 2.84. The van der Waals surface area contributed by atoms with Crippen molar-refractivity contribution in [2.75, 3.05) is 0 Å². The molecule has 0 spiro atoms. The Morgan fingerprint density at radius 2 is 2.27 bits per heavy atom. The van der Waals surface area contributed by atoms with Crippen LogP contribution in [-0.2, 0) is 4.79 Å². The average molecular weight is 210 g/mol. The van der Waals surface area contributed by atoms with E-state index in [4.69, 9.17) is 5.11 Å². The molecule has 0 amide bonds.